The van der Waals surface area contributed by atoms with E-state index < -0.39 is 23.2 Å². The van der Waals surface area contributed by atoms with Crippen LogP contribution in [-0.4, -0.2) is 10.5 Å². The fraction of sp³-hybridized carbons (Fsp3) is 0.0909. The summed E-state index contributed by atoms with van der Waals surface area (Å²) in [5.41, 5.74) is -1.83. The number of hydrogen-bond donors (Lipinski definition) is 0. The maximum absolute atomic E-state index is 12.5. The number of rotatable bonds is 1. The minimum Gasteiger partial charge on any atom is -0.269 e. The van der Waals surface area contributed by atoms with Crippen molar-refractivity contribution in [3.05, 3.63) is 56.6 Å². The van der Waals surface area contributed by atoms with Crippen LogP contribution in [0.2, 0.25) is 0 Å². The van der Waals surface area contributed by atoms with Crippen LogP contribution >= 0.6 is 11.3 Å². The maximum atomic E-state index is 12.5. The molecule has 94 valence electrons. The second-order valence-electron chi connectivity index (χ2n) is 3.41. The van der Waals surface area contributed by atoms with Crippen LogP contribution in [0.5, 0.6) is 0 Å². The summed E-state index contributed by atoms with van der Waals surface area (Å²) in [4.78, 5) is 23.4. The zero-order valence-corrected chi connectivity index (χ0v) is 9.59. The summed E-state index contributed by atoms with van der Waals surface area (Å²) in [7, 11) is 0. The molecular formula is C11H6F3NO2S. The van der Waals surface area contributed by atoms with Gasteiger partial charge >= 0.3 is 6.18 Å². The predicted molar refractivity (Wildman–Crippen MR) is 59.8 cm³/mol. The predicted octanol–water partition coefficient (Wildman–Crippen LogP) is 2.62. The van der Waals surface area contributed by atoms with Crippen molar-refractivity contribution in [2.24, 2.45) is 0 Å². The molecule has 0 radical (unpaired) electrons. The van der Waals surface area contributed by atoms with Crippen molar-refractivity contribution in [2.45, 2.75) is 6.18 Å². The van der Waals surface area contributed by atoms with E-state index in [1.54, 1.807) is 11.4 Å². The highest BCUT2D eigenvalue weighted by Crippen LogP contribution is 2.28. The Hall–Kier alpha value is -1.89. The Bertz CT molecular complexity index is 628. The smallest absolute Gasteiger partial charge is 0.269 e. The van der Waals surface area contributed by atoms with Gasteiger partial charge < -0.3 is 0 Å². The number of carbonyl (C=O) groups is 1. The quantitative estimate of drug-likeness (QED) is 0.801. The second kappa shape index (κ2) is 4.41. The van der Waals surface area contributed by atoms with Crippen molar-refractivity contribution in [3.63, 3.8) is 0 Å². The lowest BCUT2D eigenvalue weighted by molar-refractivity contribution is -0.137. The molecule has 0 spiro atoms. The van der Waals surface area contributed by atoms with Gasteiger partial charge in [-0.3, -0.25) is 9.59 Å². The summed E-state index contributed by atoms with van der Waals surface area (Å²) in [6.07, 6.45) is -4.07. The monoisotopic (exact) mass is 273 g/mol. The molecular weight excluding hydrogens is 267 g/mol. The van der Waals surface area contributed by atoms with E-state index in [1.165, 1.54) is 6.07 Å². The van der Waals surface area contributed by atoms with Crippen molar-refractivity contribution in [3.8, 4) is 0 Å². The fourth-order valence-electron chi connectivity index (χ4n) is 1.33. The number of thiophene rings is 1. The second-order valence-corrected chi connectivity index (χ2v) is 4.35. The van der Waals surface area contributed by atoms with Crippen molar-refractivity contribution < 1.29 is 18.0 Å². The third-order valence-electron chi connectivity index (χ3n) is 2.19. The first-order chi connectivity index (χ1) is 8.39. The van der Waals surface area contributed by atoms with Gasteiger partial charge in [-0.1, -0.05) is 6.07 Å². The van der Waals surface area contributed by atoms with Gasteiger partial charge in [-0.2, -0.15) is 13.2 Å². The Morgan fingerprint density at radius 3 is 2.50 bits per heavy atom. The van der Waals surface area contributed by atoms with E-state index in [2.05, 4.69) is 0 Å². The number of hydrogen-bond acceptors (Lipinski definition) is 3. The molecule has 0 atom stereocenters. The number of alkyl halides is 3. The van der Waals surface area contributed by atoms with Crippen LogP contribution in [0, 0.1) is 0 Å². The van der Waals surface area contributed by atoms with Gasteiger partial charge in [-0.05, 0) is 17.5 Å². The Morgan fingerprint density at radius 1 is 1.22 bits per heavy atom. The van der Waals surface area contributed by atoms with Crippen LogP contribution in [0.15, 0.2) is 40.6 Å². The van der Waals surface area contributed by atoms with Gasteiger partial charge in [0.1, 0.15) is 0 Å². The van der Waals surface area contributed by atoms with Gasteiger partial charge in [0.15, 0.2) is 0 Å². The molecule has 0 saturated carbocycles. The highest BCUT2D eigenvalue weighted by Gasteiger charge is 2.31. The van der Waals surface area contributed by atoms with E-state index >= 15 is 0 Å². The summed E-state index contributed by atoms with van der Waals surface area (Å²) in [5, 5.41) is 1.60. The normalized spacial score (nSPS) is 11.5. The van der Waals surface area contributed by atoms with E-state index in [0.29, 0.717) is 16.8 Å². The molecule has 0 aromatic carbocycles. The highest BCUT2D eigenvalue weighted by molar-refractivity contribution is 7.12. The Morgan fingerprint density at radius 2 is 1.94 bits per heavy atom. The van der Waals surface area contributed by atoms with Crippen LogP contribution in [0.1, 0.15) is 15.2 Å². The minimum atomic E-state index is -4.59. The molecule has 2 rings (SSSR count). The summed E-state index contributed by atoms with van der Waals surface area (Å²) < 4.78 is 37.9. The molecule has 0 aliphatic carbocycles. The zero-order chi connectivity index (χ0) is 13.3. The van der Waals surface area contributed by atoms with Crippen molar-refractivity contribution in [1.82, 2.24) is 4.57 Å². The number of nitrogens with zero attached hydrogens (tertiary/aromatic N) is 1. The largest absolute Gasteiger partial charge is 0.417 e. The van der Waals surface area contributed by atoms with Crippen LogP contribution in [-0.2, 0) is 6.18 Å². The average Bonchev–Trinajstić information content (AvgIpc) is 2.80. The molecule has 0 saturated heterocycles. The zero-order valence-electron chi connectivity index (χ0n) is 8.77. The van der Waals surface area contributed by atoms with Crippen LogP contribution in [0.3, 0.4) is 0 Å². The first-order valence-corrected chi connectivity index (χ1v) is 5.65. The number of halogens is 3. The molecule has 3 nitrogen and oxygen atoms in total. The molecule has 7 heteroatoms. The van der Waals surface area contributed by atoms with Crippen molar-refractivity contribution >= 4 is 17.2 Å². The first kappa shape index (κ1) is 12.6. The molecule has 2 aromatic rings. The molecule has 0 aliphatic heterocycles. The summed E-state index contributed by atoms with van der Waals surface area (Å²) in [5.74, 6) is -0.763. The average molecular weight is 273 g/mol. The lowest BCUT2D eigenvalue weighted by atomic mass is 10.2. The molecule has 2 aromatic heterocycles. The standard InChI is InChI=1S/C11H6F3NO2S/c12-11(13,14)7-3-4-9(16)15(6-7)10(17)8-2-1-5-18-8/h1-6H. The van der Waals surface area contributed by atoms with Crippen LogP contribution < -0.4 is 5.56 Å². The molecule has 0 aliphatic rings. The Labute approximate surface area is 103 Å². The lowest BCUT2D eigenvalue weighted by Crippen LogP contribution is -2.27. The van der Waals surface area contributed by atoms with E-state index in [0.717, 1.165) is 17.4 Å². The topological polar surface area (TPSA) is 39.1 Å². The molecule has 0 bridgehead atoms. The Balaban J connectivity index is 2.51. The molecule has 2 heterocycles. The number of carbonyl (C=O) groups excluding carboxylic acids is 1. The molecule has 18 heavy (non-hydrogen) atoms. The molecule has 0 fully saturated rings. The van der Waals surface area contributed by atoms with Gasteiger partial charge in [0.05, 0.1) is 10.4 Å². The number of aromatic nitrogens is 1. The van der Waals surface area contributed by atoms with E-state index in [9.17, 15) is 22.8 Å². The minimum absolute atomic E-state index is 0.205. The molecule has 0 unspecified atom stereocenters. The SMILES string of the molecule is O=C(c1cccs1)n1cc(C(F)(F)F)ccc1=O. The van der Waals surface area contributed by atoms with E-state index in [4.69, 9.17) is 0 Å². The first-order valence-electron chi connectivity index (χ1n) is 4.78. The summed E-state index contributed by atoms with van der Waals surface area (Å²) in [6, 6.07) is 4.41. The molecule has 0 N–H and O–H groups in total. The summed E-state index contributed by atoms with van der Waals surface area (Å²) in [6.45, 7) is 0. The van der Waals surface area contributed by atoms with Crippen molar-refractivity contribution in [2.75, 3.05) is 0 Å². The summed E-state index contributed by atoms with van der Waals surface area (Å²) >= 11 is 1.06. The van der Waals surface area contributed by atoms with Crippen molar-refractivity contribution in [1.29, 1.82) is 0 Å². The lowest BCUT2D eigenvalue weighted by Gasteiger charge is -2.08. The van der Waals surface area contributed by atoms with Gasteiger partial charge in [-0.15, -0.1) is 11.3 Å². The third kappa shape index (κ3) is 2.35. The van der Waals surface area contributed by atoms with Crippen LogP contribution in [0.4, 0.5) is 13.2 Å². The van der Waals surface area contributed by atoms with Gasteiger partial charge in [0.25, 0.3) is 11.5 Å². The van der Waals surface area contributed by atoms with Gasteiger partial charge in [0.2, 0.25) is 0 Å². The highest BCUT2D eigenvalue weighted by atomic mass is 32.1. The molecule has 0 amide bonds. The number of pyridine rings is 1. The maximum Gasteiger partial charge on any atom is 0.417 e. The van der Waals surface area contributed by atoms with E-state index in [-0.39, 0.29) is 4.88 Å². The van der Waals surface area contributed by atoms with Gasteiger partial charge in [-0.25, -0.2) is 4.57 Å². The fourth-order valence-corrected chi connectivity index (χ4v) is 1.99. The van der Waals surface area contributed by atoms with E-state index in [1.807, 2.05) is 0 Å². The Kier molecular flexibility index (Phi) is 3.08. The van der Waals surface area contributed by atoms with Gasteiger partial charge in [0, 0.05) is 12.3 Å². The van der Waals surface area contributed by atoms with Crippen LogP contribution in [0.25, 0.3) is 0 Å². The third-order valence-corrected chi connectivity index (χ3v) is 3.05.